The summed E-state index contributed by atoms with van der Waals surface area (Å²) in [5.74, 6) is -0.150. The van der Waals surface area contributed by atoms with E-state index in [0.29, 0.717) is 18.2 Å². The number of aryl methyl sites for hydroxylation is 1. The van der Waals surface area contributed by atoms with E-state index in [1.54, 1.807) is 20.1 Å². The smallest absolute Gasteiger partial charge is 0.126 e. The predicted octanol–water partition coefficient (Wildman–Crippen LogP) is 2.24. The summed E-state index contributed by atoms with van der Waals surface area (Å²) in [4.78, 5) is 2.33. The number of nitrogens with zero attached hydrogens (tertiary/aromatic N) is 1. The molecule has 0 spiro atoms. The Morgan fingerprint density at radius 2 is 2.11 bits per heavy atom. The quantitative estimate of drug-likeness (QED) is 0.908. The van der Waals surface area contributed by atoms with Crippen molar-refractivity contribution >= 4 is 0 Å². The summed E-state index contributed by atoms with van der Waals surface area (Å²) < 4.78 is 19.1. The highest BCUT2D eigenvalue weighted by atomic mass is 19.1. The molecule has 3 nitrogen and oxygen atoms in total. The van der Waals surface area contributed by atoms with Gasteiger partial charge < -0.3 is 10.5 Å². The summed E-state index contributed by atoms with van der Waals surface area (Å²) >= 11 is 0. The third-order valence-corrected chi connectivity index (χ3v) is 4.05. The van der Waals surface area contributed by atoms with Gasteiger partial charge in [-0.3, -0.25) is 4.90 Å². The summed E-state index contributed by atoms with van der Waals surface area (Å²) in [5.41, 5.74) is 7.55. The standard InChI is InChI=1S/C15H23FN2O/c1-11-3-4-12(9-14(11)16)15(10-17)18-7-5-13(19-2)6-8-18/h3-4,9,13,15H,5-8,10,17H2,1-2H3. The predicted molar refractivity (Wildman–Crippen MR) is 74.5 cm³/mol. The van der Waals surface area contributed by atoms with E-state index in [1.807, 2.05) is 12.1 Å². The van der Waals surface area contributed by atoms with E-state index in [2.05, 4.69) is 4.90 Å². The van der Waals surface area contributed by atoms with E-state index in [4.69, 9.17) is 10.5 Å². The van der Waals surface area contributed by atoms with Crippen molar-refractivity contribution in [3.05, 3.63) is 35.1 Å². The molecule has 0 radical (unpaired) electrons. The van der Waals surface area contributed by atoms with Crippen LogP contribution in [0.15, 0.2) is 18.2 Å². The fraction of sp³-hybridized carbons (Fsp3) is 0.600. The Hall–Kier alpha value is -0.970. The molecule has 1 saturated heterocycles. The zero-order valence-corrected chi connectivity index (χ0v) is 11.7. The molecule has 1 heterocycles. The number of halogens is 1. The van der Waals surface area contributed by atoms with Crippen LogP contribution in [0.2, 0.25) is 0 Å². The molecular weight excluding hydrogens is 243 g/mol. The van der Waals surface area contributed by atoms with Crippen LogP contribution in [0.5, 0.6) is 0 Å². The lowest BCUT2D eigenvalue weighted by atomic mass is 9.99. The molecule has 4 heteroatoms. The molecule has 0 bridgehead atoms. The van der Waals surface area contributed by atoms with Crippen molar-refractivity contribution in [3.8, 4) is 0 Å². The van der Waals surface area contributed by atoms with Crippen molar-refractivity contribution < 1.29 is 9.13 Å². The zero-order valence-electron chi connectivity index (χ0n) is 11.7. The van der Waals surface area contributed by atoms with Crippen molar-refractivity contribution in [2.24, 2.45) is 5.73 Å². The summed E-state index contributed by atoms with van der Waals surface area (Å²) in [6.45, 7) is 4.20. The molecule has 19 heavy (non-hydrogen) atoms. The first-order valence-corrected chi connectivity index (χ1v) is 6.88. The number of nitrogens with two attached hydrogens (primary N) is 1. The van der Waals surface area contributed by atoms with Gasteiger partial charge in [-0.2, -0.15) is 0 Å². The molecule has 0 saturated carbocycles. The Labute approximate surface area is 114 Å². The van der Waals surface area contributed by atoms with Gasteiger partial charge in [-0.15, -0.1) is 0 Å². The van der Waals surface area contributed by atoms with Crippen molar-refractivity contribution in [2.45, 2.75) is 31.9 Å². The van der Waals surface area contributed by atoms with Crippen LogP contribution in [0.4, 0.5) is 4.39 Å². The minimum Gasteiger partial charge on any atom is -0.381 e. The zero-order chi connectivity index (χ0) is 13.8. The van der Waals surface area contributed by atoms with E-state index in [0.717, 1.165) is 31.5 Å². The van der Waals surface area contributed by atoms with Gasteiger partial charge in [0.05, 0.1) is 6.10 Å². The number of likely N-dealkylation sites (tertiary alicyclic amines) is 1. The second kappa shape index (κ2) is 6.46. The third-order valence-electron chi connectivity index (χ3n) is 4.05. The normalized spacial score (nSPS) is 19.6. The van der Waals surface area contributed by atoms with Gasteiger partial charge >= 0.3 is 0 Å². The Morgan fingerprint density at radius 3 is 2.63 bits per heavy atom. The lowest BCUT2D eigenvalue weighted by Gasteiger charge is -2.37. The van der Waals surface area contributed by atoms with Gasteiger partial charge in [0.2, 0.25) is 0 Å². The third kappa shape index (κ3) is 3.32. The first kappa shape index (κ1) is 14.4. The molecule has 106 valence electrons. The fourth-order valence-electron chi connectivity index (χ4n) is 2.74. The van der Waals surface area contributed by atoms with Gasteiger partial charge in [0.15, 0.2) is 0 Å². The van der Waals surface area contributed by atoms with Crippen molar-refractivity contribution in [1.82, 2.24) is 4.90 Å². The topological polar surface area (TPSA) is 38.5 Å². The lowest BCUT2D eigenvalue weighted by molar-refractivity contribution is 0.0280. The molecular formula is C15H23FN2O. The SMILES string of the molecule is COC1CCN(C(CN)c2ccc(C)c(F)c2)CC1. The molecule has 0 aromatic heterocycles. The Balaban J connectivity index is 2.09. The minimum absolute atomic E-state index is 0.105. The van der Waals surface area contributed by atoms with Gasteiger partial charge in [-0.05, 0) is 37.0 Å². The first-order chi connectivity index (χ1) is 9.15. The van der Waals surface area contributed by atoms with Crippen LogP contribution in [-0.4, -0.2) is 37.7 Å². The second-order valence-electron chi connectivity index (χ2n) is 5.23. The molecule has 1 aliphatic rings. The van der Waals surface area contributed by atoms with Gasteiger partial charge in [0, 0.05) is 32.8 Å². The molecule has 1 aromatic rings. The summed E-state index contributed by atoms with van der Waals surface area (Å²) in [6, 6.07) is 5.54. The monoisotopic (exact) mass is 266 g/mol. The summed E-state index contributed by atoms with van der Waals surface area (Å²) in [6.07, 6.45) is 2.38. The average Bonchev–Trinajstić information content (AvgIpc) is 2.44. The summed E-state index contributed by atoms with van der Waals surface area (Å²) in [5, 5.41) is 0. The van der Waals surface area contributed by atoms with E-state index in [1.165, 1.54) is 0 Å². The van der Waals surface area contributed by atoms with Gasteiger partial charge in [0.25, 0.3) is 0 Å². The van der Waals surface area contributed by atoms with E-state index < -0.39 is 0 Å². The highest BCUT2D eigenvalue weighted by Crippen LogP contribution is 2.25. The molecule has 0 amide bonds. The van der Waals surface area contributed by atoms with Crippen LogP contribution in [0, 0.1) is 12.7 Å². The maximum absolute atomic E-state index is 13.7. The van der Waals surface area contributed by atoms with Crippen LogP contribution in [0.3, 0.4) is 0 Å². The number of piperidine rings is 1. The molecule has 1 aliphatic heterocycles. The van der Waals surface area contributed by atoms with Crippen LogP contribution in [0.25, 0.3) is 0 Å². The van der Waals surface area contributed by atoms with Crippen LogP contribution in [-0.2, 0) is 4.74 Å². The Morgan fingerprint density at radius 1 is 1.42 bits per heavy atom. The number of ether oxygens (including phenoxy) is 1. The maximum atomic E-state index is 13.7. The highest BCUT2D eigenvalue weighted by Gasteiger charge is 2.25. The van der Waals surface area contributed by atoms with Gasteiger partial charge in [-0.1, -0.05) is 12.1 Å². The number of methoxy groups -OCH3 is 1. The second-order valence-corrected chi connectivity index (χ2v) is 5.23. The molecule has 2 N–H and O–H groups in total. The van der Waals surface area contributed by atoms with Gasteiger partial charge in [0.1, 0.15) is 5.82 Å². The molecule has 1 atom stereocenters. The van der Waals surface area contributed by atoms with E-state index >= 15 is 0 Å². The number of benzene rings is 1. The van der Waals surface area contributed by atoms with E-state index in [-0.39, 0.29) is 11.9 Å². The number of hydrogen-bond donors (Lipinski definition) is 1. The van der Waals surface area contributed by atoms with Crippen molar-refractivity contribution in [2.75, 3.05) is 26.7 Å². The van der Waals surface area contributed by atoms with Crippen molar-refractivity contribution in [1.29, 1.82) is 0 Å². The molecule has 1 unspecified atom stereocenters. The number of rotatable bonds is 4. The fourth-order valence-corrected chi connectivity index (χ4v) is 2.74. The summed E-state index contributed by atoms with van der Waals surface area (Å²) in [7, 11) is 1.76. The molecule has 1 fully saturated rings. The average molecular weight is 266 g/mol. The van der Waals surface area contributed by atoms with Crippen LogP contribution >= 0.6 is 0 Å². The first-order valence-electron chi connectivity index (χ1n) is 6.88. The highest BCUT2D eigenvalue weighted by molar-refractivity contribution is 5.26. The largest absolute Gasteiger partial charge is 0.381 e. The van der Waals surface area contributed by atoms with Crippen LogP contribution in [0.1, 0.15) is 30.0 Å². The van der Waals surface area contributed by atoms with Crippen molar-refractivity contribution in [3.63, 3.8) is 0 Å². The van der Waals surface area contributed by atoms with E-state index in [9.17, 15) is 4.39 Å². The van der Waals surface area contributed by atoms with Crippen LogP contribution < -0.4 is 5.73 Å². The molecule has 1 aromatic carbocycles. The maximum Gasteiger partial charge on any atom is 0.126 e. The minimum atomic E-state index is -0.150. The molecule has 0 aliphatic carbocycles. The Kier molecular flexibility index (Phi) is 4.91. The Bertz CT molecular complexity index is 417. The number of hydrogen-bond acceptors (Lipinski definition) is 3. The van der Waals surface area contributed by atoms with Gasteiger partial charge in [-0.25, -0.2) is 4.39 Å². The lowest BCUT2D eigenvalue weighted by Crippen LogP contribution is -2.41. The molecule has 2 rings (SSSR count).